The first-order valence-electron chi connectivity index (χ1n) is 6.54. The van der Waals surface area contributed by atoms with E-state index in [1.807, 2.05) is 0 Å². The third-order valence-electron chi connectivity index (χ3n) is 3.24. The van der Waals surface area contributed by atoms with E-state index in [0.717, 1.165) is 0 Å². The van der Waals surface area contributed by atoms with Gasteiger partial charge in [0.15, 0.2) is 0 Å². The molecule has 1 N–H and O–H groups in total. The minimum Gasteiger partial charge on any atom is -0.478 e. The summed E-state index contributed by atoms with van der Waals surface area (Å²) in [6.07, 6.45) is -1.07. The molecule has 1 aromatic carbocycles. The van der Waals surface area contributed by atoms with Gasteiger partial charge in [0.1, 0.15) is 5.75 Å². The van der Waals surface area contributed by atoms with Crippen LogP contribution in [0, 0.1) is 0 Å². The number of methoxy groups -OCH3 is 1. The third kappa shape index (κ3) is 3.25. The summed E-state index contributed by atoms with van der Waals surface area (Å²) in [7, 11) is 3.21. The molecule has 0 aromatic heterocycles. The second kappa shape index (κ2) is 6.45. The number of nitrogens with zero attached hydrogens (tertiary/aromatic N) is 2. The number of fused-ring (bicyclic) bond motifs is 1. The summed E-state index contributed by atoms with van der Waals surface area (Å²) in [5.41, 5.74) is 0.573. The standard InChI is InChI=1S/C14H18N2O5/c1-15(7-8-20-2)14(19)16-9-12(13(17)18)21-11-6-4-3-5-10(11)16/h3-6,12H,7-9H2,1-2H3,(H,17,18). The number of hydrogen-bond donors (Lipinski definition) is 1. The minimum absolute atomic E-state index is 0.0253. The Morgan fingerprint density at radius 2 is 2.19 bits per heavy atom. The van der Waals surface area contributed by atoms with Crippen molar-refractivity contribution in [3.05, 3.63) is 24.3 Å². The van der Waals surface area contributed by atoms with Gasteiger partial charge < -0.3 is 19.5 Å². The molecule has 0 spiro atoms. The molecule has 21 heavy (non-hydrogen) atoms. The number of carboxylic acid groups (broad SMARTS) is 1. The number of hydrogen-bond acceptors (Lipinski definition) is 4. The number of benzene rings is 1. The van der Waals surface area contributed by atoms with Crippen molar-refractivity contribution in [2.24, 2.45) is 0 Å². The van der Waals surface area contributed by atoms with Crippen molar-refractivity contribution in [2.75, 3.05) is 38.8 Å². The van der Waals surface area contributed by atoms with Gasteiger partial charge in [-0.05, 0) is 12.1 Å². The highest BCUT2D eigenvalue weighted by Crippen LogP contribution is 2.33. The first-order valence-corrected chi connectivity index (χ1v) is 6.54. The number of carboxylic acids is 1. The van der Waals surface area contributed by atoms with E-state index in [4.69, 9.17) is 14.6 Å². The van der Waals surface area contributed by atoms with Crippen LogP contribution in [-0.4, -0.2) is 62.0 Å². The van der Waals surface area contributed by atoms with Gasteiger partial charge in [0.25, 0.3) is 0 Å². The van der Waals surface area contributed by atoms with Crippen LogP contribution in [-0.2, 0) is 9.53 Å². The first kappa shape index (κ1) is 15.1. The van der Waals surface area contributed by atoms with Gasteiger partial charge in [0.05, 0.1) is 18.8 Å². The number of rotatable bonds is 4. The summed E-state index contributed by atoms with van der Waals surface area (Å²) in [4.78, 5) is 26.6. The number of ether oxygens (including phenoxy) is 2. The van der Waals surface area contributed by atoms with Crippen molar-refractivity contribution < 1.29 is 24.2 Å². The molecule has 1 aliphatic rings. The zero-order chi connectivity index (χ0) is 15.4. The highest BCUT2D eigenvalue weighted by Gasteiger charge is 2.34. The molecular formula is C14H18N2O5. The molecule has 0 fully saturated rings. The second-order valence-corrected chi connectivity index (χ2v) is 4.72. The quantitative estimate of drug-likeness (QED) is 0.897. The van der Waals surface area contributed by atoms with Crippen LogP contribution in [0.25, 0.3) is 0 Å². The van der Waals surface area contributed by atoms with Crippen LogP contribution in [0.3, 0.4) is 0 Å². The van der Waals surface area contributed by atoms with Gasteiger partial charge in [0.2, 0.25) is 6.10 Å². The first-order chi connectivity index (χ1) is 10.0. The molecule has 1 aromatic rings. The summed E-state index contributed by atoms with van der Waals surface area (Å²) in [6, 6.07) is 6.61. The molecule has 1 aliphatic heterocycles. The number of likely N-dealkylation sites (N-methyl/N-ethyl adjacent to an activating group) is 1. The van der Waals surface area contributed by atoms with Gasteiger partial charge in [-0.15, -0.1) is 0 Å². The predicted molar refractivity (Wildman–Crippen MR) is 75.7 cm³/mol. The highest BCUT2D eigenvalue weighted by atomic mass is 16.5. The lowest BCUT2D eigenvalue weighted by atomic mass is 10.2. The van der Waals surface area contributed by atoms with Crippen LogP contribution in [0.4, 0.5) is 10.5 Å². The lowest BCUT2D eigenvalue weighted by Gasteiger charge is -2.35. The summed E-state index contributed by atoms with van der Waals surface area (Å²) < 4.78 is 10.3. The predicted octanol–water partition coefficient (Wildman–Crippen LogP) is 1.04. The lowest BCUT2D eigenvalue weighted by Crippen LogP contribution is -2.51. The zero-order valence-electron chi connectivity index (χ0n) is 12.0. The van der Waals surface area contributed by atoms with Gasteiger partial charge in [-0.1, -0.05) is 12.1 Å². The van der Waals surface area contributed by atoms with E-state index < -0.39 is 12.1 Å². The maximum Gasteiger partial charge on any atom is 0.346 e. The van der Waals surface area contributed by atoms with E-state index in [0.29, 0.717) is 24.6 Å². The molecule has 1 heterocycles. The van der Waals surface area contributed by atoms with Gasteiger partial charge >= 0.3 is 12.0 Å². The van der Waals surface area contributed by atoms with Crippen molar-refractivity contribution >= 4 is 17.7 Å². The number of urea groups is 1. The van der Waals surface area contributed by atoms with Gasteiger partial charge in [-0.3, -0.25) is 4.90 Å². The van der Waals surface area contributed by atoms with Crippen LogP contribution in [0.15, 0.2) is 24.3 Å². The molecule has 7 nitrogen and oxygen atoms in total. The topological polar surface area (TPSA) is 79.3 Å². The summed E-state index contributed by atoms with van der Waals surface area (Å²) >= 11 is 0. The molecule has 1 unspecified atom stereocenters. The molecule has 2 amide bonds. The monoisotopic (exact) mass is 294 g/mol. The summed E-state index contributed by atoms with van der Waals surface area (Å²) in [5, 5.41) is 9.15. The molecular weight excluding hydrogens is 276 g/mol. The molecule has 2 rings (SSSR count). The van der Waals surface area contributed by atoms with Crippen molar-refractivity contribution in [1.82, 2.24) is 4.90 Å². The Morgan fingerprint density at radius 1 is 1.48 bits per heavy atom. The fraction of sp³-hybridized carbons (Fsp3) is 0.429. The van der Waals surface area contributed by atoms with E-state index in [2.05, 4.69) is 0 Å². The fourth-order valence-electron chi connectivity index (χ4n) is 2.07. The maximum atomic E-state index is 12.5. The van der Waals surface area contributed by atoms with Crippen LogP contribution < -0.4 is 9.64 Å². The van der Waals surface area contributed by atoms with E-state index in [1.54, 1.807) is 38.4 Å². The van der Waals surface area contributed by atoms with E-state index in [-0.39, 0.29) is 12.6 Å². The average molecular weight is 294 g/mol. The fourth-order valence-corrected chi connectivity index (χ4v) is 2.07. The second-order valence-electron chi connectivity index (χ2n) is 4.72. The van der Waals surface area contributed by atoms with E-state index >= 15 is 0 Å². The molecule has 114 valence electrons. The average Bonchev–Trinajstić information content (AvgIpc) is 2.50. The van der Waals surface area contributed by atoms with Crippen LogP contribution in [0.2, 0.25) is 0 Å². The number of amides is 2. The number of carbonyl (C=O) groups is 2. The third-order valence-corrected chi connectivity index (χ3v) is 3.24. The minimum atomic E-state index is -1.10. The lowest BCUT2D eigenvalue weighted by molar-refractivity contribution is -0.144. The molecule has 0 aliphatic carbocycles. The Bertz CT molecular complexity index is 534. The van der Waals surface area contributed by atoms with Crippen molar-refractivity contribution in [1.29, 1.82) is 0 Å². The summed E-state index contributed by atoms with van der Waals surface area (Å²) in [6.45, 7) is 0.811. The van der Waals surface area contributed by atoms with Gasteiger partial charge in [-0.2, -0.15) is 0 Å². The number of carbonyl (C=O) groups excluding carboxylic acids is 1. The van der Waals surface area contributed by atoms with Crippen LogP contribution >= 0.6 is 0 Å². The van der Waals surface area contributed by atoms with Crippen molar-refractivity contribution in [3.63, 3.8) is 0 Å². The molecule has 0 radical (unpaired) electrons. The number of aliphatic carboxylic acids is 1. The Balaban J connectivity index is 2.24. The van der Waals surface area contributed by atoms with Crippen LogP contribution in [0.1, 0.15) is 0 Å². The Kier molecular flexibility index (Phi) is 4.64. The SMILES string of the molecule is COCCN(C)C(=O)N1CC(C(=O)O)Oc2ccccc21. The highest BCUT2D eigenvalue weighted by molar-refractivity contribution is 5.95. The molecule has 1 atom stereocenters. The van der Waals surface area contributed by atoms with Gasteiger partial charge in [-0.25, -0.2) is 9.59 Å². The Hall–Kier alpha value is -2.28. The van der Waals surface area contributed by atoms with Crippen LogP contribution in [0.5, 0.6) is 5.75 Å². The largest absolute Gasteiger partial charge is 0.478 e. The molecule has 0 bridgehead atoms. The Labute approximate surface area is 122 Å². The zero-order valence-corrected chi connectivity index (χ0v) is 12.0. The van der Waals surface area contributed by atoms with E-state index in [1.165, 1.54) is 9.80 Å². The smallest absolute Gasteiger partial charge is 0.346 e. The maximum absolute atomic E-state index is 12.5. The molecule has 0 saturated heterocycles. The number of anilines is 1. The summed E-state index contributed by atoms with van der Waals surface area (Å²) in [5.74, 6) is -0.702. The number of para-hydroxylation sites is 2. The molecule has 0 saturated carbocycles. The van der Waals surface area contributed by atoms with E-state index in [9.17, 15) is 9.59 Å². The normalized spacial score (nSPS) is 16.9. The van der Waals surface area contributed by atoms with Gasteiger partial charge in [0, 0.05) is 20.7 Å². The Morgan fingerprint density at radius 3 is 2.86 bits per heavy atom. The molecule has 7 heteroatoms. The van der Waals surface area contributed by atoms with Crippen molar-refractivity contribution in [3.8, 4) is 5.75 Å². The van der Waals surface area contributed by atoms with Crippen molar-refractivity contribution in [2.45, 2.75) is 6.10 Å².